The Kier molecular flexibility index (Phi) is 5.25. The molecule has 0 spiro atoms. The van der Waals surface area contributed by atoms with Gasteiger partial charge in [0.2, 0.25) is 10.0 Å². The molecular weight excluding hydrogens is 401 g/mol. The summed E-state index contributed by atoms with van der Waals surface area (Å²) in [6.07, 6.45) is 5.04. The summed E-state index contributed by atoms with van der Waals surface area (Å²) in [7, 11) is -3.63. The van der Waals surface area contributed by atoms with E-state index in [0.29, 0.717) is 17.5 Å². The monoisotopic (exact) mass is 419 g/mol. The number of nitrogens with zero attached hydrogens (tertiary/aromatic N) is 2. The van der Waals surface area contributed by atoms with Crippen molar-refractivity contribution in [2.75, 3.05) is 10.6 Å². The van der Waals surface area contributed by atoms with Gasteiger partial charge in [0.05, 0.1) is 17.1 Å². The molecule has 10 heteroatoms. The van der Waals surface area contributed by atoms with Crippen molar-refractivity contribution < 1.29 is 12.8 Å². The van der Waals surface area contributed by atoms with Crippen LogP contribution in [0.3, 0.4) is 0 Å². The zero-order chi connectivity index (χ0) is 19.6. The molecule has 3 N–H and O–H groups in total. The minimum atomic E-state index is -3.63. The van der Waals surface area contributed by atoms with Gasteiger partial charge in [-0.3, -0.25) is 0 Å². The Morgan fingerprint density at radius 2 is 2.04 bits per heavy atom. The highest BCUT2D eigenvalue weighted by Gasteiger charge is 2.28. The number of sulfonamides is 1. The summed E-state index contributed by atoms with van der Waals surface area (Å²) in [5.74, 6) is 0.171. The molecule has 0 saturated heterocycles. The molecule has 3 aromatic rings. The van der Waals surface area contributed by atoms with Gasteiger partial charge in [-0.15, -0.1) is 0 Å². The predicted octanol–water partition coefficient (Wildman–Crippen LogP) is 3.47. The van der Waals surface area contributed by atoms with Crippen LogP contribution in [0.5, 0.6) is 0 Å². The van der Waals surface area contributed by atoms with Crippen molar-refractivity contribution in [3.8, 4) is 0 Å². The molecule has 2 aromatic heterocycles. The summed E-state index contributed by atoms with van der Waals surface area (Å²) < 4.78 is 41.3. The molecule has 7 nitrogen and oxygen atoms in total. The molecule has 1 saturated carbocycles. The van der Waals surface area contributed by atoms with Crippen LogP contribution in [0.25, 0.3) is 0 Å². The fourth-order valence-corrected chi connectivity index (χ4v) is 4.56. The maximum Gasteiger partial charge on any atom is 0.240 e. The van der Waals surface area contributed by atoms with Gasteiger partial charge in [0, 0.05) is 23.3 Å². The zero-order valence-corrected chi connectivity index (χ0v) is 16.4. The Balaban J connectivity index is 1.42. The average molecular weight is 420 g/mol. The van der Waals surface area contributed by atoms with E-state index < -0.39 is 15.8 Å². The van der Waals surface area contributed by atoms with Crippen LogP contribution in [-0.4, -0.2) is 24.4 Å². The average Bonchev–Trinajstić information content (AvgIpc) is 3.37. The van der Waals surface area contributed by atoms with Crippen LogP contribution in [0.4, 0.5) is 21.0 Å². The van der Waals surface area contributed by atoms with Crippen molar-refractivity contribution in [2.45, 2.75) is 30.3 Å². The summed E-state index contributed by atoms with van der Waals surface area (Å²) in [5.41, 5.74) is 0.131. The lowest BCUT2D eigenvalue weighted by Gasteiger charge is -2.10. The van der Waals surface area contributed by atoms with Crippen molar-refractivity contribution in [2.24, 2.45) is 0 Å². The van der Waals surface area contributed by atoms with Crippen LogP contribution in [-0.2, 0) is 16.6 Å². The van der Waals surface area contributed by atoms with Crippen molar-refractivity contribution in [3.05, 3.63) is 59.5 Å². The van der Waals surface area contributed by atoms with Crippen LogP contribution in [0.1, 0.15) is 17.7 Å². The van der Waals surface area contributed by atoms with Crippen molar-refractivity contribution in [1.82, 2.24) is 14.7 Å². The number of rotatable bonds is 8. The number of halogens is 1. The van der Waals surface area contributed by atoms with Crippen LogP contribution < -0.4 is 15.4 Å². The van der Waals surface area contributed by atoms with Crippen LogP contribution in [0.2, 0.25) is 0 Å². The molecule has 0 radical (unpaired) electrons. The first kappa shape index (κ1) is 18.8. The predicted molar refractivity (Wildman–Crippen MR) is 107 cm³/mol. The van der Waals surface area contributed by atoms with Crippen molar-refractivity contribution in [1.29, 1.82) is 0 Å². The number of pyridine rings is 1. The first-order valence-corrected chi connectivity index (χ1v) is 11.0. The van der Waals surface area contributed by atoms with E-state index in [0.717, 1.165) is 23.8 Å². The van der Waals surface area contributed by atoms with Gasteiger partial charge in [-0.25, -0.2) is 27.5 Å². The van der Waals surface area contributed by atoms with Crippen molar-refractivity contribution in [3.63, 3.8) is 0 Å². The fraction of sp³-hybridized carbons (Fsp3) is 0.222. The zero-order valence-electron chi connectivity index (χ0n) is 14.7. The molecule has 0 atom stereocenters. The summed E-state index contributed by atoms with van der Waals surface area (Å²) in [4.78, 5) is 9.35. The van der Waals surface area contributed by atoms with Crippen molar-refractivity contribution >= 4 is 38.0 Å². The quantitative estimate of drug-likeness (QED) is 0.517. The Morgan fingerprint density at radius 3 is 2.79 bits per heavy atom. The van der Waals surface area contributed by atoms with Crippen LogP contribution >= 0.6 is 11.3 Å². The minimum Gasteiger partial charge on any atom is -0.378 e. The van der Waals surface area contributed by atoms with Gasteiger partial charge < -0.3 is 10.6 Å². The molecule has 0 bridgehead atoms. The molecule has 0 aliphatic heterocycles. The van der Waals surface area contributed by atoms with E-state index in [-0.39, 0.29) is 16.6 Å². The minimum absolute atomic E-state index is 0.00585. The largest absolute Gasteiger partial charge is 0.378 e. The lowest BCUT2D eigenvalue weighted by molar-refractivity contribution is 0.580. The van der Waals surface area contributed by atoms with Gasteiger partial charge in [-0.05, 0) is 43.2 Å². The highest BCUT2D eigenvalue weighted by molar-refractivity contribution is 7.89. The van der Waals surface area contributed by atoms with E-state index in [1.165, 1.54) is 23.5 Å². The number of anilines is 3. The van der Waals surface area contributed by atoms with E-state index in [9.17, 15) is 12.8 Å². The number of aromatic nitrogens is 2. The van der Waals surface area contributed by atoms with Gasteiger partial charge >= 0.3 is 0 Å². The number of hydrogen-bond acceptors (Lipinski definition) is 7. The summed E-state index contributed by atoms with van der Waals surface area (Å²) in [6, 6.07) is 9.26. The number of hydrogen-bond donors (Lipinski definition) is 3. The Morgan fingerprint density at radius 1 is 1.18 bits per heavy atom. The first-order chi connectivity index (χ1) is 13.5. The third-order valence-electron chi connectivity index (χ3n) is 4.05. The molecule has 1 aliphatic rings. The molecule has 28 heavy (non-hydrogen) atoms. The van der Waals surface area contributed by atoms with Gasteiger partial charge in [-0.2, -0.15) is 0 Å². The van der Waals surface area contributed by atoms with E-state index in [1.54, 1.807) is 12.4 Å². The Bertz CT molecular complexity index is 1070. The molecule has 0 amide bonds. The van der Waals surface area contributed by atoms with Gasteiger partial charge in [0.25, 0.3) is 0 Å². The SMILES string of the molecule is O=S(=O)(NC1CC1)c1ccc(F)c(NCc2cnc(Nc3ccccn3)s2)c1. The maximum absolute atomic E-state index is 14.1. The lowest BCUT2D eigenvalue weighted by atomic mass is 10.3. The number of benzene rings is 1. The van der Waals surface area contributed by atoms with Gasteiger partial charge in [0.15, 0.2) is 5.13 Å². The highest BCUT2D eigenvalue weighted by Crippen LogP contribution is 2.26. The number of nitrogens with one attached hydrogen (secondary N) is 3. The second kappa shape index (κ2) is 7.82. The molecule has 146 valence electrons. The standard InChI is InChI=1S/C18H18FN5O2S2/c19-15-7-6-14(28(25,26)24-12-4-5-12)9-16(15)21-10-13-11-22-18(27-13)23-17-3-1-2-8-20-17/h1-3,6-9,11-12,21,24H,4-5,10H2,(H,20,22,23). The second-order valence-electron chi connectivity index (χ2n) is 6.36. The lowest BCUT2D eigenvalue weighted by Crippen LogP contribution is -2.25. The van der Waals surface area contributed by atoms with Gasteiger partial charge in [0.1, 0.15) is 11.6 Å². The molecule has 4 rings (SSSR count). The molecule has 1 aliphatic carbocycles. The maximum atomic E-state index is 14.1. The van der Waals surface area contributed by atoms with E-state index in [4.69, 9.17) is 0 Å². The van der Waals surface area contributed by atoms with E-state index in [1.807, 2.05) is 18.2 Å². The molecule has 2 heterocycles. The summed E-state index contributed by atoms with van der Waals surface area (Å²) >= 11 is 1.40. The van der Waals surface area contributed by atoms with Crippen LogP contribution in [0, 0.1) is 5.82 Å². The van der Waals surface area contributed by atoms with Crippen LogP contribution in [0.15, 0.2) is 53.7 Å². The fourth-order valence-electron chi connectivity index (χ4n) is 2.47. The number of thiazole rings is 1. The molecule has 0 unspecified atom stereocenters. The third kappa shape index (κ3) is 4.64. The Labute approximate surface area is 166 Å². The molecule has 1 fully saturated rings. The topological polar surface area (TPSA) is 96.0 Å². The summed E-state index contributed by atoms with van der Waals surface area (Å²) in [6.45, 7) is 0.317. The normalized spacial score (nSPS) is 14.0. The van der Waals surface area contributed by atoms with Gasteiger partial charge in [-0.1, -0.05) is 17.4 Å². The summed E-state index contributed by atoms with van der Waals surface area (Å²) in [5, 5.41) is 6.71. The highest BCUT2D eigenvalue weighted by atomic mass is 32.2. The Hall–Kier alpha value is -2.56. The first-order valence-electron chi connectivity index (χ1n) is 8.68. The second-order valence-corrected chi connectivity index (χ2v) is 9.19. The van der Waals surface area contributed by atoms with E-state index >= 15 is 0 Å². The van der Waals surface area contributed by atoms with E-state index in [2.05, 4.69) is 25.3 Å². The molecule has 1 aromatic carbocycles. The smallest absolute Gasteiger partial charge is 0.240 e. The third-order valence-corrected chi connectivity index (χ3v) is 6.48. The molecular formula is C18H18FN5O2S2.